The number of rotatable bonds is 7. The molecule has 0 bridgehead atoms. The first-order valence-corrected chi connectivity index (χ1v) is 8.51. The van der Waals surface area contributed by atoms with Crippen LogP contribution in [0.25, 0.3) is 0 Å². The lowest BCUT2D eigenvalue weighted by atomic mass is 10.1. The van der Waals surface area contributed by atoms with Crippen molar-refractivity contribution in [3.8, 4) is 0 Å². The Bertz CT molecular complexity index is 480. The maximum absolute atomic E-state index is 12.1. The van der Waals surface area contributed by atoms with Crippen LogP contribution in [0.5, 0.6) is 0 Å². The number of carbonyl (C=O) groups is 1. The summed E-state index contributed by atoms with van der Waals surface area (Å²) in [4.78, 5) is 16.2. The molecule has 2 rings (SSSR count). The zero-order chi connectivity index (χ0) is 16.7. The fourth-order valence-electron chi connectivity index (χ4n) is 3.03. The highest BCUT2D eigenvalue weighted by atomic mass is 16.3. The summed E-state index contributed by atoms with van der Waals surface area (Å²) in [5.74, 6) is 0. The highest BCUT2D eigenvalue weighted by Gasteiger charge is 2.27. The molecular formula is C18H29N3O2. The van der Waals surface area contributed by atoms with Crippen LogP contribution in [0.15, 0.2) is 30.3 Å². The van der Waals surface area contributed by atoms with E-state index in [4.69, 9.17) is 0 Å². The molecule has 1 aliphatic heterocycles. The lowest BCUT2D eigenvalue weighted by Crippen LogP contribution is -2.45. The van der Waals surface area contributed by atoms with Crippen molar-refractivity contribution in [3.05, 3.63) is 35.9 Å². The first-order valence-electron chi connectivity index (χ1n) is 8.51. The first-order chi connectivity index (χ1) is 11.1. The van der Waals surface area contributed by atoms with Crippen LogP contribution in [-0.4, -0.2) is 59.8 Å². The number of aliphatic hydroxyl groups excluding tert-OH is 1. The number of amides is 2. The maximum Gasteiger partial charge on any atom is 0.317 e. The zero-order valence-electron chi connectivity index (χ0n) is 14.2. The molecule has 0 aliphatic carbocycles. The third-order valence-corrected chi connectivity index (χ3v) is 4.71. The number of carbonyl (C=O) groups excluding carboxylic acids is 1. The lowest BCUT2D eigenvalue weighted by Gasteiger charge is -2.26. The Morgan fingerprint density at radius 3 is 2.87 bits per heavy atom. The van der Waals surface area contributed by atoms with Crippen LogP contribution in [-0.2, 0) is 6.54 Å². The van der Waals surface area contributed by atoms with E-state index >= 15 is 0 Å². The second kappa shape index (κ2) is 8.89. The van der Waals surface area contributed by atoms with Crippen molar-refractivity contribution in [3.63, 3.8) is 0 Å². The van der Waals surface area contributed by atoms with Crippen molar-refractivity contribution < 1.29 is 9.90 Å². The highest BCUT2D eigenvalue weighted by Crippen LogP contribution is 2.16. The van der Waals surface area contributed by atoms with E-state index in [1.165, 1.54) is 5.56 Å². The van der Waals surface area contributed by atoms with Gasteiger partial charge in [-0.05, 0) is 38.8 Å². The molecule has 0 aromatic heterocycles. The van der Waals surface area contributed by atoms with Gasteiger partial charge in [0.1, 0.15) is 0 Å². The fraction of sp³-hybridized carbons (Fsp3) is 0.611. The first kappa shape index (κ1) is 17.8. The van der Waals surface area contributed by atoms with Crippen LogP contribution < -0.4 is 5.32 Å². The minimum atomic E-state index is -0.0422. The van der Waals surface area contributed by atoms with E-state index in [2.05, 4.69) is 48.5 Å². The Balaban J connectivity index is 1.69. The molecule has 1 aliphatic rings. The standard InChI is InChI=1S/C18H29N3O2/c1-15(20(2)13-16-7-4-3-5-8-16)10-11-19-18(23)21-12-6-9-17(21)14-22/h3-5,7-8,15,17,22H,6,9-14H2,1-2H3,(H,19,23). The van der Waals surface area contributed by atoms with E-state index in [0.717, 1.165) is 32.4 Å². The predicted octanol–water partition coefficient (Wildman–Crippen LogP) is 2.06. The summed E-state index contributed by atoms with van der Waals surface area (Å²) < 4.78 is 0. The number of likely N-dealkylation sites (tertiary alicyclic amines) is 1. The second-order valence-corrected chi connectivity index (χ2v) is 6.44. The highest BCUT2D eigenvalue weighted by molar-refractivity contribution is 5.74. The Labute approximate surface area is 139 Å². The molecular weight excluding hydrogens is 290 g/mol. The van der Waals surface area contributed by atoms with Gasteiger partial charge in [-0.15, -0.1) is 0 Å². The molecule has 128 valence electrons. The van der Waals surface area contributed by atoms with E-state index in [1.807, 2.05) is 6.07 Å². The van der Waals surface area contributed by atoms with Crippen LogP contribution in [0, 0.1) is 0 Å². The molecule has 1 aromatic rings. The molecule has 5 nitrogen and oxygen atoms in total. The van der Waals surface area contributed by atoms with Gasteiger partial charge in [-0.3, -0.25) is 4.90 Å². The Hall–Kier alpha value is -1.59. The van der Waals surface area contributed by atoms with Crippen LogP contribution in [0.4, 0.5) is 4.79 Å². The normalized spacial score (nSPS) is 19.1. The van der Waals surface area contributed by atoms with E-state index in [-0.39, 0.29) is 18.7 Å². The van der Waals surface area contributed by atoms with E-state index in [0.29, 0.717) is 12.6 Å². The van der Waals surface area contributed by atoms with Crippen molar-refractivity contribution >= 4 is 6.03 Å². The third-order valence-electron chi connectivity index (χ3n) is 4.71. The molecule has 2 amide bonds. The minimum Gasteiger partial charge on any atom is -0.394 e. The molecule has 5 heteroatoms. The van der Waals surface area contributed by atoms with Gasteiger partial charge < -0.3 is 15.3 Å². The summed E-state index contributed by atoms with van der Waals surface area (Å²) >= 11 is 0. The van der Waals surface area contributed by atoms with Gasteiger partial charge in [0.25, 0.3) is 0 Å². The second-order valence-electron chi connectivity index (χ2n) is 6.44. The van der Waals surface area contributed by atoms with Crippen molar-refractivity contribution in [1.82, 2.24) is 15.1 Å². The molecule has 0 saturated carbocycles. The summed E-state index contributed by atoms with van der Waals surface area (Å²) in [6.07, 6.45) is 2.79. The quantitative estimate of drug-likeness (QED) is 0.809. The third kappa shape index (κ3) is 5.22. The van der Waals surface area contributed by atoms with Gasteiger partial charge in [-0.1, -0.05) is 30.3 Å². The number of hydrogen-bond acceptors (Lipinski definition) is 3. The summed E-state index contributed by atoms with van der Waals surface area (Å²) in [6, 6.07) is 10.8. The van der Waals surface area contributed by atoms with E-state index in [1.54, 1.807) is 4.90 Å². The molecule has 2 N–H and O–H groups in total. The van der Waals surface area contributed by atoms with Crippen molar-refractivity contribution in [1.29, 1.82) is 0 Å². The molecule has 2 atom stereocenters. The van der Waals surface area contributed by atoms with Gasteiger partial charge in [0, 0.05) is 25.7 Å². The topological polar surface area (TPSA) is 55.8 Å². The van der Waals surface area contributed by atoms with Gasteiger partial charge in [0.2, 0.25) is 0 Å². The monoisotopic (exact) mass is 319 g/mol. The predicted molar refractivity (Wildman–Crippen MR) is 92.2 cm³/mol. The number of hydrogen-bond donors (Lipinski definition) is 2. The van der Waals surface area contributed by atoms with E-state index in [9.17, 15) is 9.90 Å². The fourth-order valence-corrected chi connectivity index (χ4v) is 3.03. The van der Waals surface area contributed by atoms with Gasteiger partial charge in [-0.2, -0.15) is 0 Å². The van der Waals surface area contributed by atoms with Crippen molar-refractivity contribution in [2.24, 2.45) is 0 Å². The maximum atomic E-state index is 12.1. The minimum absolute atomic E-state index is 0.00632. The molecule has 2 unspecified atom stereocenters. The Kier molecular flexibility index (Phi) is 6.86. The van der Waals surface area contributed by atoms with Gasteiger partial charge in [-0.25, -0.2) is 4.79 Å². The number of urea groups is 1. The van der Waals surface area contributed by atoms with Gasteiger partial charge >= 0.3 is 6.03 Å². The van der Waals surface area contributed by atoms with Crippen LogP contribution >= 0.6 is 0 Å². The summed E-state index contributed by atoms with van der Waals surface area (Å²) in [7, 11) is 2.11. The van der Waals surface area contributed by atoms with Crippen LogP contribution in [0.1, 0.15) is 31.7 Å². The lowest BCUT2D eigenvalue weighted by molar-refractivity contribution is 0.156. The van der Waals surface area contributed by atoms with Crippen LogP contribution in [0.3, 0.4) is 0 Å². The SMILES string of the molecule is CC(CCNC(=O)N1CCCC1CO)N(C)Cc1ccccc1. The Morgan fingerprint density at radius 1 is 1.43 bits per heavy atom. The molecule has 1 aromatic carbocycles. The van der Waals surface area contributed by atoms with Crippen molar-refractivity contribution in [2.75, 3.05) is 26.7 Å². The molecule has 1 fully saturated rings. The summed E-state index contributed by atoms with van der Waals surface area (Å²) in [6.45, 7) is 4.56. The molecule has 0 radical (unpaired) electrons. The number of benzene rings is 1. The van der Waals surface area contributed by atoms with Crippen LogP contribution in [0.2, 0.25) is 0 Å². The number of nitrogens with one attached hydrogen (secondary N) is 1. The van der Waals surface area contributed by atoms with Crippen molar-refractivity contribution in [2.45, 2.75) is 44.8 Å². The average Bonchev–Trinajstić information content (AvgIpc) is 3.04. The number of nitrogens with zero attached hydrogens (tertiary/aromatic N) is 2. The Morgan fingerprint density at radius 2 is 2.17 bits per heavy atom. The smallest absolute Gasteiger partial charge is 0.317 e. The zero-order valence-corrected chi connectivity index (χ0v) is 14.2. The molecule has 23 heavy (non-hydrogen) atoms. The van der Waals surface area contributed by atoms with Gasteiger partial charge in [0.15, 0.2) is 0 Å². The largest absolute Gasteiger partial charge is 0.394 e. The molecule has 1 saturated heterocycles. The summed E-state index contributed by atoms with van der Waals surface area (Å²) in [5.41, 5.74) is 1.30. The molecule has 1 heterocycles. The summed E-state index contributed by atoms with van der Waals surface area (Å²) in [5, 5.41) is 12.3. The van der Waals surface area contributed by atoms with Gasteiger partial charge in [0.05, 0.1) is 12.6 Å². The molecule has 0 spiro atoms. The van der Waals surface area contributed by atoms with E-state index < -0.39 is 0 Å². The average molecular weight is 319 g/mol. The number of aliphatic hydroxyl groups is 1.